The fraction of sp³-hybridized carbons (Fsp3) is 0.103. The molecule has 0 saturated carbocycles. The second-order valence-electron chi connectivity index (χ2n) is 8.74. The van der Waals surface area contributed by atoms with E-state index in [2.05, 4.69) is 10.5 Å². The first-order chi connectivity index (χ1) is 19.0. The average molecular weight is 586 g/mol. The molecule has 0 aromatic heterocycles. The molecule has 0 unspecified atom stereocenters. The van der Waals surface area contributed by atoms with E-state index in [4.69, 9.17) is 11.6 Å². The summed E-state index contributed by atoms with van der Waals surface area (Å²) in [5.41, 5.74) is 3.02. The maximum atomic E-state index is 13.6. The van der Waals surface area contributed by atoms with Crippen molar-refractivity contribution in [2.45, 2.75) is 24.5 Å². The highest BCUT2D eigenvalue weighted by Crippen LogP contribution is 2.32. The number of benzene rings is 4. The van der Waals surface area contributed by atoms with E-state index in [9.17, 15) is 26.4 Å². The second kappa shape index (κ2) is 11.9. The van der Waals surface area contributed by atoms with Crippen LogP contribution in [0.4, 0.5) is 18.9 Å². The Balaban J connectivity index is 1.55. The number of hydrogen-bond acceptors (Lipinski definition) is 4. The quantitative estimate of drug-likeness (QED) is 0.182. The number of aryl methyl sites for hydroxylation is 1. The molecule has 0 bridgehead atoms. The van der Waals surface area contributed by atoms with Gasteiger partial charge >= 0.3 is 6.18 Å². The highest BCUT2D eigenvalue weighted by molar-refractivity contribution is 7.92. The summed E-state index contributed by atoms with van der Waals surface area (Å²) in [6.07, 6.45) is -3.64. The van der Waals surface area contributed by atoms with Gasteiger partial charge in [-0.2, -0.15) is 18.3 Å². The minimum atomic E-state index is -4.56. The minimum absolute atomic E-state index is 0.0489. The summed E-state index contributed by atoms with van der Waals surface area (Å²) in [6.45, 7) is 1.73. The number of hydrazone groups is 1. The number of amides is 1. The van der Waals surface area contributed by atoms with Crippen LogP contribution in [0.3, 0.4) is 0 Å². The van der Waals surface area contributed by atoms with Gasteiger partial charge in [0.15, 0.2) is 0 Å². The third-order valence-corrected chi connectivity index (χ3v) is 7.96. The zero-order valence-corrected chi connectivity index (χ0v) is 22.6. The lowest BCUT2D eigenvalue weighted by Crippen LogP contribution is -2.31. The van der Waals surface area contributed by atoms with Crippen LogP contribution < -0.4 is 9.73 Å². The fourth-order valence-corrected chi connectivity index (χ4v) is 5.59. The van der Waals surface area contributed by atoms with Crippen LogP contribution in [0.2, 0.25) is 5.02 Å². The molecule has 1 amide bonds. The number of nitrogens with zero attached hydrogens (tertiary/aromatic N) is 2. The van der Waals surface area contributed by atoms with Gasteiger partial charge in [0, 0.05) is 16.1 Å². The van der Waals surface area contributed by atoms with Gasteiger partial charge in [-0.1, -0.05) is 66.2 Å². The number of sulfonamides is 1. The average Bonchev–Trinajstić information content (AvgIpc) is 2.93. The number of nitrogens with one attached hydrogen (secondary N) is 1. The van der Waals surface area contributed by atoms with Gasteiger partial charge < -0.3 is 0 Å². The van der Waals surface area contributed by atoms with Crippen molar-refractivity contribution < 1.29 is 26.4 Å². The van der Waals surface area contributed by atoms with Crippen LogP contribution in [0, 0.1) is 6.92 Å². The normalized spacial score (nSPS) is 11.9. The molecule has 0 radical (unpaired) electrons. The summed E-state index contributed by atoms with van der Waals surface area (Å²) in [6, 6.07) is 24.0. The zero-order valence-electron chi connectivity index (χ0n) is 21.1. The van der Waals surface area contributed by atoms with Crippen molar-refractivity contribution in [1.29, 1.82) is 0 Å². The van der Waals surface area contributed by atoms with E-state index in [1.54, 1.807) is 55.5 Å². The predicted octanol–water partition coefficient (Wildman–Crippen LogP) is 6.83. The van der Waals surface area contributed by atoms with Gasteiger partial charge in [-0.15, -0.1) is 0 Å². The van der Waals surface area contributed by atoms with Crippen molar-refractivity contribution in [2.75, 3.05) is 4.31 Å². The summed E-state index contributed by atoms with van der Waals surface area (Å²) >= 11 is 6.19. The first kappa shape index (κ1) is 28.8. The zero-order chi connectivity index (χ0) is 28.9. The van der Waals surface area contributed by atoms with Crippen molar-refractivity contribution in [2.24, 2.45) is 5.10 Å². The van der Waals surface area contributed by atoms with Gasteiger partial charge in [-0.25, -0.2) is 13.8 Å². The molecule has 0 atom stereocenters. The largest absolute Gasteiger partial charge is 0.417 e. The van der Waals surface area contributed by atoms with E-state index >= 15 is 0 Å². The highest BCUT2D eigenvalue weighted by atomic mass is 35.5. The molecule has 6 nitrogen and oxygen atoms in total. The molecule has 0 aliphatic carbocycles. The Morgan fingerprint density at radius 1 is 0.950 bits per heavy atom. The van der Waals surface area contributed by atoms with Crippen LogP contribution in [-0.4, -0.2) is 20.5 Å². The lowest BCUT2D eigenvalue weighted by Gasteiger charge is -2.26. The molecule has 0 aliphatic rings. The van der Waals surface area contributed by atoms with E-state index in [1.807, 2.05) is 0 Å². The van der Waals surface area contributed by atoms with Crippen LogP contribution in [0.25, 0.3) is 0 Å². The van der Waals surface area contributed by atoms with Gasteiger partial charge in [-0.3, -0.25) is 9.10 Å². The Bertz CT molecular complexity index is 1640. The van der Waals surface area contributed by atoms with Crippen molar-refractivity contribution in [1.82, 2.24) is 5.43 Å². The van der Waals surface area contributed by atoms with E-state index in [1.165, 1.54) is 46.8 Å². The predicted molar refractivity (Wildman–Crippen MR) is 149 cm³/mol. The monoisotopic (exact) mass is 585 g/mol. The molecular weight excluding hydrogens is 563 g/mol. The Kier molecular flexibility index (Phi) is 8.61. The fourth-order valence-electron chi connectivity index (χ4n) is 3.89. The smallest absolute Gasteiger partial charge is 0.267 e. The van der Waals surface area contributed by atoms with Gasteiger partial charge in [-0.05, 0) is 60.5 Å². The number of carbonyl (C=O) groups excluding carboxylic acids is 1. The molecule has 4 rings (SSSR count). The van der Waals surface area contributed by atoms with Crippen LogP contribution in [-0.2, 0) is 22.7 Å². The number of hydrogen-bond donors (Lipinski definition) is 1. The molecule has 206 valence electrons. The Hall–Kier alpha value is -4.15. The third kappa shape index (κ3) is 6.70. The first-order valence-electron chi connectivity index (χ1n) is 11.9. The second-order valence-corrected chi connectivity index (χ2v) is 11.0. The summed E-state index contributed by atoms with van der Waals surface area (Å²) in [5.74, 6) is -0.647. The SMILES string of the molecule is Cc1ccc(Cl)cc1N(Cc1ccc(C(=O)N/N=C/c2ccccc2C(F)(F)F)cc1)S(=O)(=O)c1ccccc1. The summed E-state index contributed by atoms with van der Waals surface area (Å²) in [5, 5.41) is 4.04. The van der Waals surface area contributed by atoms with Crippen LogP contribution in [0.1, 0.15) is 32.6 Å². The minimum Gasteiger partial charge on any atom is -0.267 e. The molecule has 4 aromatic rings. The van der Waals surface area contributed by atoms with Crippen molar-refractivity contribution in [3.8, 4) is 0 Å². The van der Waals surface area contributed by atoms with Crippen LogP contribution in [0.15, 0.2) is 107 Å². The lowest BCUT2D eigenvalue weighted by atomic mass is 10.1. The molecule has 0 fully saturated rings. The summed E-state index contributed by atoms with van der Waals surface area (Å²) in [4.78, 5) is 12.6. The first-order valence-corrected chi connectivity index (χ1v) is 13.7. The van der Waals surface area contributed by atoms with Crippen molar-refractivity contribution >= 4 is 39.4 Å². The number of alkyl halides is 3. The standard InChI is InChI=1S/C29H23ClF3N3O3S/c1-20-11-16-24(30)17-27(20)36(40(38,39)25-8-3-2-4-9-25)19-21-12-14-22(15-13-21)28(37)35-34-18-23-7-5-6-10-26(23)29(31,32)33/h2-18H,19H2,1H3,(H,35,37)/b34-18+. The van der Waals surface area contributed by atoms with Gasteiger partial charge in [0.05, 0.1) is 28.9 Å². The van der Waals surface area contributed by atoms with Gasteiger partial charge in [0.1, 0.15) is 0 Å². The summed E-state index contributed by atoms with van der Waals surface area (Å²) in [7, 11) is -3.97. The van der Waals surface area contributed by atoms with Gasteiger partial charge in [0.2, 0.25) is 0 Å². The molecule has 0 aliphatic heterocycles. The molecule has 4 aromatic carbocycles. The molecule has 11 heteroatoms. The van der Waals surface area contributed by atoms with Crippen LogP contribution >= 0.6 is 11.6 Å². The molecule has 1 N–H and O–H groups in total. The number of carbonyl (C=O) groups is 1. The third-order valence-electron chi connectivity index (χ3n) is 5.95. The Morgan fingerprint density at radius 2 is 1.60 bits per heavy atom. The topological polar surface area (TPSA) is 78.8 Å². The number of anilines is 1. The van der Waals surface area contributed by atoms with E-state index in [0.29, 0.717) is 21.8 Å². The highest BCUT2D eigenvalue weighted by Gasteiger charge is 2.32. The molecule has 0 heterocycles. The maximum absolute atomic E-state index is 13.6. The Labute approximate surface area is 234 Å². The van der Waals surface area contributed by atoms with E-state index < -0.39 is 27.7 Å². The molecule has 0 spiro atoms. The van der Waals surface area contributed by atoms with Crippen molar-refractivity contribution in [3.63, 3.8) is 0 Å². The number of halogens is 4. The lowest BCUT2D eigenvalue weighted by molar-refractivity contribution is -0.137. The molecular formula is C29H23ClF3N3O3S. The van der Waals surface area contributed by atoms with Crippen LogP contribution in [0.5, 0.6) is 0 Å². The maximum Gasteiger partial charge on any atom is 0.417 e. The summed E-state index contributed by atoms with van der Waals surface area (Å²) < 4.78 is 68.0. The van der Waals surface area contributed by atoms with E-state index in [0.717, 1.165) is 12.3 Å². The Morgan fingerprint density at radius 3 is 2.27 bits per heavy atom. The number of rotatable bonds is 8. The van der Waals surface area contributed by atoms with Gasteiger partial charge in [0.25, 0.3) is 15.9 Å². The van der Waals surface area contributed by atoms with Crippen molar-refractivity contribution in [3.05, 3.63) is 130 Å². The molecule has 0 saturated heterocycles. The van der Waals surface area contributed by atoms with E-state index in [-0.39, 0.29) is 22.6 Å². The molecule has 40 heavy (non-hydrogen) atoms.